The maximum absolute atomic E-state index is 14.7. The van der Waals surface area contributed by atoms with Crippen LogP contribution in [0.15, 0.2) is 22.7 Å². The van der Waals surface area contributed by atoms with Gasteiger partial charge < -0.3 is 14.2 Å². The molecule has 1 atom stereocenters. The molecular formula is C15H20BrF2O5P. The van der Waals surface area contributed by atoms with E-state index in [-0.39, 0.29) is 24.1 Å². The fraction of sp³-hybridized carbons (Fsp3) is 0.533. The second-order valence-corrected chi connectivity index (χ2v) is 8.06. The molecule has 9 heteroatoms. The fourth-order valence-electron chi connectivity index (χ4n) is 2.06. The van der Waals surface area contributed by atoms with Crippen molar-refractivity contribution in [3.05, 3.63) is 33.8 Å². The molecule has 0 saturated carbocycles. The van der Waals surface area contributed by atoms with Crippen LogP contribution in [0.1, 0.15) is 31.9 Å². The van der Waals surface area contributed by atoms with Crippen LogP contribution in [-0.2, 0) is 30.5 Å². The van der Waals surface area contributed by atoms with Crippen molar-refractivity contribution < 1.29 is 32.3 Å². The Morgan fingerprint density at radius 3 is 2.29 bits per heavy atom. The van der Waals surface area contributed by atoms with Crippen molar-refractivity contribution in [1.82, 2.24) is 0 Å². The summed E-state index contributed by atoms with van der Waals surface area (Å²) < 4.78 is 51.4. The van der Waals surface area contributed by atoms with Crippen LogP contribution < -0.4 is 0 Å². The lowest BCUT2D eigenvalue weighted by atomic mass is 10.0. The van der Waals surface area contributed by atoms with E-state index in [1.54, 1.807) is 0 Å². The highest BCUT2D eigenvalue weighted by Gasteiger charge is 2.55. The minimum atomic E-state index is -4.69. The smallest absolute Gasteiger partial charge is 0.404 e. The van der Waals surface area contributed by atoms with Gasteiger partial charge in [-0.05, 0) is 31.9 Å². The number of hydrogen-bond acceptors (Lipinski definition) is 4. The summed E-state index contributed by atoms with van der Waals surface area (Å²) in [6.45, 7) is 4.06. The predicted octanol–water partition coefficient (Wildman–Crippen LogP) is 5.03. The maximum atomic E-state index is 14.7. The summed E-state index contributed by atoms with van der Waals surface area (Å²) >= 11 is 3.04. The summed E-state index contributed by atoms with van der Waals surface area (Å²) in [4.78, 5) is 10.9. The number of halogens is 3. The zero-order valence-corrected chi connectivity index (χ0v) is 16.1. The Balaban J connectivity index is 3.20. The van der Waals surface area contributed by atoms with E-state index in [1.165, 1.54) is 32.9 Å². The molecule has 0 aliphatic carbocycles. The van der Waals surface area contributed by atoms with Crippen molar-refractivity contribution >= 4 is 29.5 Å². The van der Waals surface area contributed by atoms with Gasteiger partial charge in [0.15, 0.2) is 0 Å². The summed E-state index contributed by atoms with van der Waals surface area (Å²) in [6.07, 6.45) is 0.189. The Bertz CT molecular complexity index is 628. The van der Waals surface area contributed by atoms with Gasteiger partial charge in [-0.3, -0.25) is 9.36 Å². The molecule has 0 unspecified atom stereocenters. The number of rotatable bonds is 9. The lowest BCUT2D eigenvalue weighted by molar-refractivity contribution is -0.141. The number of aliphatic carboxylic acids is 1. The zero-order valence-electron chi connectivity index (χ0n) is 13.6. The lowest BCUT2D eigenvalue weighted by Crippen LogP contribution is -2.19. The van der Waals surface area contributed by atoms with Crippen molar-refractivity contribution in [2.24, 2.45) is 5.92 Å². The number of carbonyl (C=O) groups is 1. The molecule has 1 rings (SSSR count). The minimum absolute atomic E-state index is 0.0159. The zero-order chi connectivity index (χ0) is 18.5. The third-order valence-electron chi connectivity index (χ3n) is 3.26. The normalized spacial score (nSPS) is 13.8. The highest BCUT2D eigenvalue weighted by molar-refractivity contribution is 9.10. The topological polar surface area (TPSA) is 72.8 Å². The van der Waals surface area contributed by atoms with Gasteiger partial charge in [0.2, 0.25) is 0 Å². The van der Waals surface area contributed by atoms with Gasteiger partial charge in [-0.15, -0.1) is 0 Å². The third kappa shape index (κ3) is 4.63. The summed E-state index contributed by atoms with van der Waals surface area (Å²) in [6, 6.07) is 3.89. The highest BCUT2D eigenvalue weighted by Crippen LogP contribution is 2.67. The van der Waals surface area contributed by atoms with Crippen LogP contribution in [0.25, 0.3) is 0 Å². The van der Waals surface area contributed by atoms with E-state index in [2.05, 4.69) is 15.9 Å². The Labute approximate surface area is 148 Å². The molecule has 0 saturated heterocycles. The molecule has 1 aromatic rings. The largest absolute Gasteiger partial charge is 0.481 e. The van der Waals surface area contributed by atoms with Gasteiger partial charge in [-0.1, -0.05) is 35.0 Å². The second-order valence-electron chi connectivity index (χ2n) is 5.13. The Morgan fingerprint density at radius 1 is 1.33 bits per heavy atom. The van der Waals surface area contributed by atoms with Gasteiger partial charge in [0, 0.05) is 10.0 Å². The molecule has 0 heterocycles. The molecule has 0 fully saturated rings. The maximum Gasteiger partial charge on any atom is 0.404 e. The lowest BCUT2D eigenvalue weighted by Gasteiger charge is -2.26. The number of carboxylic acids is 1. The van der Waals surface area contributed by atoms with E-state index >= 15 is 0 Å². The number of alkyl halides is 2. The van der Waals surface area contributed by atoms with E-state index in [9.17, 15) is 18.1 Å². The van der Waals surface area contributed by atoms with Gasteiger partial charge in [0.1, 0.15) is 0 Å². The van der Waals surface area contributed by atoms with Gasteiger partial charge in [0.25, 0.3) is 0 Å². The molecule has 136 valence electrons. The summed E-state index contributed by atoms with van der Waals surface area (Å²) in [5.41, 5.74) is -3.80. The van der Waals surface area contributed by atoms with Crippen LogP contribution in [0.4, 0.5) is 8.78 Å². The van der Waals surface area contributed by atoms with Crippen LogP contribution in [0, 0.1) is 5.92 Å². The minimum Gasteiger partial charge on any atom is -0.481 e. The summed E-state index contributed by atoms with van der Waals surface area (Å²) in [5.74, 6) is -1.63. The molecule has 0 radical (unpaired) electrons. The molecule has 0 amide bonds. The first-order valence-electron chi connectivity index (χ1n) is 7.37. The second kappa shape index (κ2) is 8.52. The molecule has 0 spiro atoms. The molecule has 0 aliphatic heterocycles. The predicted molar refractivity (Wildman–Crippen MR) is 89.4 cm³/mol. The van der Waals surface area contributed by atoms with Crippen molar-refractivity contribution in [2.75, 3.05) is 13.2 Å². The Kier molecular flexibility index (Phi) is 7.53. The first-order chi connectivity index (χ1) is 11.1. The molecule has 5 nitrogen and oxygen atoms in total. The van der Waals surface area contributed by atoms with Gasteiger partial charge >= 0.3 is 19.2 Å². The standard InChI is InChI=1S/C15H20BrF2O5P/c1-4-22-24(21,23-5-2)15(17,18)12-7-6-11(9-13(12)16)8-10(3)14(19)20/h6-7,9-10H,4-5,8H2,1-3H3,(H,19,20)/t10-/m0/s1. The molecule has 24 heavy (non-hydrogen) atoms. The SMILES string of the molecule is CCOP(=O)(OCC)C(F)(F)c1ccc(C[C@H](C)C(=O)O)cc1Br. The average molecular weight is 429 g/mol. The average Bonchev–Trinajstić information content (AvgIpc) is 2.47. The van der Waals surface area contributed by atoms with Crippen LogP contribution in [0.5, 0.6) is 0 Å². The van der Waals surface area contributed by atoms with Crippen molar-refractivity contribution in [1.29, 1.82) is 0 Å². The van der Waals surface area contributed by atoms with Crippen LogP contribution in [-0.4, -0.2) is 24.3 Å². The molecule has 0 bridgehead atoms. The molecular weight excluding hydrogens is 409 g/mol. The monoisotopic (exact) mass is 428 g/mol. The highest BCUT2D eigenvalue weighted by atomic mass is 79.9. The van der Waals surface area contributed by atoms with E-state index in [1.807, 2.05) is 0 Å². The van der Waals surface area contributed by atoms with Crippen LogP contribution >= 0.6 is 23.5 Å². The molecule has 1 aromatic carbocycles. The van der Waals surface area contributed by atoms with Crippen LogP contribution in [0.3, 0.4) is 0 Å². The first kappa shape index (κ1) is 21.2. The van der Waals surface area contributed by atoms with E-state index in [0.717, 1.165) is 6.07 Å². The summed E-state index contributed by atoms with van der Waals surface area (Å²) in [5, 5.41) is 8.92. The van der Waals surface area contributed by atoms with E-state index in [4.69, 9.17) is 14.2 Å². The molecule has 0 aromatic heterocycles. The Morgan fingerprint density at radius 2 is 1.88 bits per heavy atom. The third-order valence-corrected chi connectivity index (χ3v) is 6.04. The van der Waals surface area contributed by atoms with Gasteiger partial charge in [-0.2, -0.15) is 8.78 Å². The van der Waals surface area contributed by atoms with E-state index in [0.29, 0.717) is 5.56 Å². The summed E-state index contributed by atoms with van der Waals surface area (Å²) in [7, 11) is -4.69. The van der Waals surface area contributed by atoms with Crippen molar-refractivity contribution in [2.45, 2.75) is 32.9 Å². The first-order valence-corrected chi connectivity index (χ1v) is 9.71. The number of carboxylic acid groups (broad SMARTS) is 1. The quantitative estimate of drug-likeness (QED) is 0.558. The number of benzene rings is 1. The van der Waals surface area contributed by atoms with Crippen LogP contribution in [0.2, 0.25) is 0 Å². The Hall–Kier alpha value is -0.820. The van der Waals surface area contributed by atoms with Gasteiger partial charge in [-0.25, -0.2) is 0 Å². The fourth-order valence-corrected chi connectivity index (χ4v) is 4.45. The molecule has 1 N–H and O–H groups in total. The van der Waals surface area contributed by atoms with E-state index < -0.39 is 30.7 Å². The number of hydrogen-bond donors (Lipinski definition) is 1. The van der Waals surface area contributed by atoms with Crippen molar-refractivity contribution in [3.8, 4) is 0 Å². The van der Waals surface area contributed by atoms with Gasteiger partial charge in [0.05, 0.1) is 19.1 Å². The molecule has 0 aliphatic rings. The van der Waals surface area contributed by atoms with Crippen molar-refractivity contribution in [3.63, 3.8) is 0 Å².